The first-order valence-corrected chi connectivity index (χ1v) is 5.87. The molecule has 0 aromatic carbocycles. The SMILES string of the molecule is CC1CCN(Cc2ncnn2C)C(C(=O)O)C1. The third-order valence-electron chi connectivity index (χ3n) is 3.41. The van der Waals surface area contributed by atoms with Crippen LogP contribution < -0.4 is 0 Å². The molecule has 1 aromatic heterocycles. The molecule has 2 unspecified atom stereocenters. The fraction of sp³-hybridized carbons (Fsp3) is 0.727. The minimum atomic E-state index is -0.737. The summed E-state index contributed by atoms with van der Waals surface area (Å²) in [6.45, 7) is 3.47. The maximum atomic E-state index is 11.2. The van der Waals surface area contributed by atoms with Crippen LogP contribution in [0.2, 0.25) is 0 Å². The second-order valence-electron chi connectivity index (χ2n) is 4.75. The number of hydrogen-bond donors (Lipinski definition) is 1. The Bertz CT molecular complexity index is 404. The fourth-order valence-electron chi connectivity index (χ4n) is 2.28. The average molecular weight is 238 g/mol. The lowest BCUT2D eigenvalue weighted by Crippen LogP contribution is -2.46. The van der Waals surface area contributed by atoms with Crippen molar-refractivity contribution in [2.45, 2.75) is 32.4 Å². The van der Waals surface area contributed by atoms with E-state index in [0.717, 1.165) is 18.8 Å². The lowest BCUT2D eigenvalue weighted by molar-refractivity contribution is -0.145. The first kappa shape index (κ1) is 12.0. The largest absolute Gasteiger partial charge is 0.480 e. The molecule has 0 radical (unpaired) electrons. The second kappa shape index (κ2) is 4.83. The fourth-order valence-corrected chi connectivity index (χ4v) is 2.28. The molecule has 17 heavy (non-hydrogen) atoms. The van der Waals surface area contributed by atoms with Gasteiger partial charge in [-0.05, 0) is 25.3 Å². The smallest absolute Gasteiger partial charge is 0.320 e. The molecular formula is C11H18N4O2. The van der Waals surface area contributed by atoms with Crippen LogP contribution >= 0.6 is 0 Å². The molecule has 1 saturated heterocycles. The maximum absolute atomic E-state index is 11.2. The number of likely N-dealkylation sites (tertiary alicyclic amines) is 1. The lowest BCUT2D eigenvalue weighted by atomic mass is 9.92. The zero-order chi connectivity index (χ0) is 12.4. The third-order valence-corrected chi connectivity index (χ3v) is 3.41. The van der Waals surface area contributed by atoms with E-state index in [0.29, 0.717) is 18.9 Å². The summed E-state index contributed by atoms with van der Waals surface area (Å²) in [7, 11) is 1.82. The Morgan fingerprint density at radius 3 is 3.00 bits per heavy atom. The Kier molecular flexibility index (Phi) is 3.42. The molecule has 0 spiro atoms. The van der Waals surface area contributed by atoms with Crippen LogP contribution in [0.4, 0.5) is 0 Å². The molecule has 94 valence electrons. The van der Waals surface area contributed by atoms with E-state index in [9.17, 15) is 9.90 Å². The number of piperidine rings is 1. The van der Waals surface area contributed by atoms with Crippen LogP contribution in [0.3, 0.4) is 0 Å². The van der Waals surface area contributed by atoms with Gasteiger partial charge in [-0.2, -0.15) is 5.10 Å². The second-order valence-corrected chi connectivity index (χ2v) is 4.75. The van der Waals surface area contributed by atoms with Gasteiger partial charge in [0.2, 0.25) is 0 Å². The summed E-state index contributed by atoms with van der Waals surface area (Å²) in [5.74, 6) is 0.552. The predicted molar refractivity (Wildman–Crippen MR) is 61.2 cm³/mol. The van der Waals surface area contributed by atoms with Crippen molar-refractivity contribution in [2.75, 3.05) is 6.54 Å². The molecule has 2 atom stereocenters. The van der Waals surface area contributed by atoms with Crippen molar-refractivity contribution in [3.63, 3.8) is 0 Å². The molecular weight excluding hydrogens is 220 g/mol. The van der Waals surface area contributed by atoms with E-state index < -0.39 is 12.0 Å². The number of hydrogen-bond acceptors (Lipinski definition) is 4. The molecule has 1 aromatic rings. The maximum Gasteiger partial charge on any atom is 0.320 e. The minimum Gasteiger partial charge on any atom is -0.480 e. The van der Waals surface area contributed by atoms with Crippen molar-refractivity contribution in [2.24, 2.45) is 13.0 Å². The standard InChI is InChI=1S/C11H18N4O2/c1-8-3-4-15(9(5-8)11(16)17)6-10-12-7-13-14(10)2/h7-9H,3-6H2,1-2H3,(H,16,17). The Morgan fingerprint density at radius 1 is 1.65 bits per heavy atom. The van der Waals surface area contributed by atoms with Crippen molar-refractivity contribution < 1.29 is 9.90 Å². The molecule has 0 amide bonds. The molecule has 0 bridgehead atoms. The van der Waals surface area contributed by atoms with Crippen LogP contribution in [0.1, 0.15) is 25.6 Å². The number of carboxylic acids is 1. The Balaban J connectivity index is 2.08. The van der Waals surface area contributed by atoms with Crippen LogP contribution in [0.25, 0.3) is 0 Å². The highest BCUT2D eigenvalue weighted by atomic mass is 16.4. The van der Waals surface area contributed by atoms with Crippen molar-refractivity contribution in [1.82, 2.24) is 19.7 Å². The van der Waals surface area contributed by atoms with Gasteiger partial charge in [-0.3, -0.25) is 14.4 Å². The summed E-state index contributed by atoms with van der Waals surface area (Å²) in [4.78, 5) is 17.4. The van der Waals surface area contributed by atoms with Gasteiger partial charge in [-0.25, -0.2) is 4.98 Å². The Labute approximate surface area is 100 Å². The first-order chi connectivity index (χ1) is 8.08. The third kappa shape index (κ3) is 2.63. The Morgan fingerprint density at radius 2 is 2.41 bits per heavy atom. The highest BCUT2D eigenvalue weighted by molar-refractivity contribution is 5.73. The first-order valence-electron chi connectivity index (χ1n) is 5.87. The van der Waals surface area contributed by atoms with Crippen LogP contribution in [-0.2, 0) is 18.4 Å². The summed E-state index contributed by atoms with van der Waals surface area (Å²) in [6, 6.07) is -0.393. The summed E-state index contributed by atoms with van der Waals surface area (Å²) in [6.07, 6.45) is 3.26. The topological polar surface area (TPSA) is 71.2 Å². The molecule has 1 aliphatic heterocycles. The van der Waals surface area contributed by atoms with E-state index >= 15 is 0 Å². The van der Waals surface area contributed by atoms with Crippen LogP contribution in [0.15, 0.2) is 6.33 Å². The molecule has 2 rings (SSSR count). The zero-order valence-electron chi connectivity index (χ0n) is 10.2. The minimum absolute atomic E-state index is 0.393. The molecule has 1 N–H and O–H groups in total. The average Bonchev–Trinajstić information content (AvgIpc) is 2.67. The van der Waals surface area contributed by atoms with E-state index in [-0.39, 0.29) is 0 Å². The summed E-state index contributed by atoms with van der Waals surface area (Å²) in [5, 5.41) is 13.2. The van der Waals surface area contributed by atoms with Crippen molar-refractivity contribution in [3.05, 3.63) is 12.2 Å². The number of aromatic nitrogens is 3. The molecule has 1 fully saturated rings. The van der Waals surface area contributed by atoms with Crippen LogP contribution in [0, 0.1) is 5.92 Å². The number of rotatable bonds is 3. The number of carboxylic acid groups (broad SMARTS) is 1. The van der Waals surface area contributed by atoms with E-state index in [4.69, 9.17) is 0 Å². The number of nitrogens with zero attached hydrogens (tertiary/aromatic N) is 4. The Hall–Kier alpha value is -1.43. The summed E-state index contributed by atoms with van der Waals surface area (Å²) in [5.41, 5.74) is 0. The van der Waals surface area contributed by atoms with E-state index in [1.807, 2.05) is 11.9 Å². The highest BCUT2D eigenvalue weighted by Gasteiger charge is 2.32. The van der Waals surface area contributed by atoms with Gasteiger partial charge in [-0.1, -0.05) is 6.92 Å². The van der Waals surface area contributed by atoms with Crippen LogP contribution in [0.5, 0.6) is 0 Å². The monoisotopic (exact) mass is 238 g/mol. The summed E-state index contributed by atoms with van der Waals surface area (Å²) >= 11 is 0. The van der Waals surface area contributed by atoms with E-state index in [1.165, 1.54) is 6.33 Å². The number of aryl methyl sites for hydroxylation is 1. The van der Waals surface area contributed by atoms with Crippen molar-refractivity contribution in [1.29, 1.82) is 0 Å². The van der Waals surface area contributed by atoms with Gasteiger partial charge in [0.15, 0.2) is 0 Å². The molecule has 2 heterocycles. The number of carbonyl (C=O) groups is 1. The van der Waals surface area contributed by atoms with Gasteiger partial charge in [0.25, 0.3) is 0 Å². The molecule has 1 aliphatic rings. The van der Waals surface area contributed by atoms with Crippen molar-refractivity contribution in [3.8, 4) is 0 Å². The quantitative estimate of drug-likeness (QED) is 0.830. The van der Waals surface area contributed by atoms with Gasteiger partial charge in [0.1, 0.15) is 18.2 Å². The predicted octanol–water partition coefficient (Wildman–Crippen LogP) is 0.500. The van der Waals surface area contributed by atoms with Gasteiger partial charge < -0.3 is 5.11 Å². The van der Waals surface area contributed by atoms with Crippen LogP contribution in [-0.4, -0.2) is 43.3 Å². The van der Waals surface area contributed by atoms with Crippen molar-refractivity contribution >= 4 is 5.97 Å². The van der Waals surface area contributed by atoms with Gasteiger partial charge >= 0.3 is 5.97 Å². The van der Waals surface area contributed by atoms with Gasteiger partial charge in [0, 0.05) is 7.05 Å². The zero-order valence-corrected chi connectivity index (χ0v) is 10.2. The van der Waals surface area contributed by atoms with E-state index in [2.05, 4.69) is 17.0 Å². The van der Waals surface area contributed by atoms with Gasteiger partial charge in [-0.15, -0.1) is 0 Å². The molecule has 6 nitrogen and oxygen atoms in total. The highest BCUT2D eigenvalue weighted by Crippen LogP contribution is 2.23. The molecule has 6 heteroatoms. The van der Waals surface area contributed by atoms with E-state index in [1.54, 1.807) is 4.68 Å². The number of aliphatic carboxylic acids is 1. The molecule has 0 saturated carbocycles. The normalized spacial score (nSPS) is 26.0. The lowest BCUT2D eigenvalue weighted by Gasteiger charge is -2.35. The summed E-state index contributed by atoms with van der Waals surface area (Å²) < 4.78 is 1.69. The molecule has 0 aliphatic carbocycles. The van der Waals surface area contributed by atoms with Gasteiger partial charge in [0.05, 0.1) is 6.54 Å².